The van der Waals surface area contributed by atoms with Crippen LogP contribution in [0.3, 0.4) is 0 Å². The SMILES string of the molecule is CC(C)(C)N=C1OCc2c(-c3ccccc3)c(C(C)(C)C)n(C(C)(C)C)c21. The highest BCUT2D eigenvalue weighted by Gasteiger charge is 2.40. The van der Waals surface area contributed by atoms with Gasteiger partial charge in [-0.3, -0.25) is 0 Å². The van der Waals surface area contributed by atoms with Crippen molar-refractivity contribution in [3.63, 3.8) is 0 Å². The van der Waals surface area contributed by atoms with E-state index < -0.39 is 0 Å². The van der Waals surface area contributed by atoms with E-state index in [0.717, 1.165) is 11.6 Å². The van der Waals surface area contributed by atoms with Gasteiger partial charge in [-0.15, -0.1) is 0 Å². The number of rotatable bonds is 1. The van der Waals surface area contributed by atoms with E-state index in [1.54, 1.807) is 0 Å². The maximum Gasteiger partial charge on any atom is 0.234 e. The Labute approximate surface area is 164 Å². The summed E-state index contributed by atoms with van der Waals surface area (Å²) in [5.41, 5.74) is 6.08. The van der Waals surface area contributed by atoms with Gasteiger partial charge in [0, 0.05) is 27.8 Å². The van der Waals surface area contributed by atoms with Crippen molar-refractivity contribution in [3.05, 3.63) is 47.3 Å². The van der Waals surface area contributed by atoms with Crippen LogP contribution in [-0.4, -0.2) is 16.0 Å². The lowest BCUT2D eigenvalue weighted by atomic mass is 9.85. The topological polar surface area (TPSA) is 26.5 Å². The molecule has 3 rings (SSSR count). The molecule has 2 aromatic rings. The Balaban J connectivity index is 2.44. The molecule has 0 saturated heterocycles. The molecule has 146 valence electrons. The molecular formula is C24H34N2O. The van der Waals surface area contributed by atoms with Crippen molar-refractivity contribution < 1.29 is 4.74 Å². The first-order valence-corrected chi connectivity index (χ1v) is 9.88. The second-order valence-corrected chi connectivity index (χ2v) is 10.5. The summed E-state index contributed by atoms with van der Waals surface area (Å²) in [4.78, 5) is 4.93. The molecule has 0 radical (unpaired) electrons. The second-order valence-electron chi connectivity index (χ2n) is 10.5. The van der Waals surface area contributed by atoms with Crippen LogP contribution in [0.5, 0.6) is 0 Å². The molecule has 0 fully saturated rings. The fourth-order valence-electron chi connectivity index (χ4n) is 3.88. The van der Waals surface area contributed by atoms with E-state index in [1.807, 2.05) is 0 Å². The normalized spacial score (nSPS) is 16.6. The molecule has 0 atom stereocenters. The van der Waals surface area contributed by atoms with Gasteiger partial charge in [0.2, 0.25) is 5.90 Å². The van der Waals surface area contributed by atoms with E-state index in [-0.39, 0.29) is 16.5 Å². The maximum absolute atomic E-state index is 6.13. The van der Waals surface area contributed by atoms with Crippen LogP contribution in [0, 0.1) is 0 Å². The van der Waals surface area contributed by atoms with Gasteiger partial charge in [0.05, 0.1) is 5.54 Å². The van der Waals surface area contributed by atoms with Crippen LogP contribution in [0.4, 0.5) is 0 Å². The van der Waals surface area contributed by atoms with Gasteiger partial charge in [-0.2, -0.15) is 0 Å². The van der Waals surface area contributed by atoms with E-state index in [4.69, 9.17) is 9.73 Å². The standard InChI is InChI=1S/C24H34N2O/c1-22(2,3)20-18(16-13-11-10-12-14-16)17-15-27-21(25-23(4,5)6)19(17)26(20)24(7,8)9/h10-14H,15H2,1-9H3. The minimum absolute atomic E-state index is 0.00433. The van der Waals surface area contributed by atoms with E-state index in [1.165, 1.54) is 22.4 Å². The van der Waals surface area contributed by atoms with Crippen molar-refractivity contribution in [2.45, 2.75) is 85.4 Å². The summed E-state index contributed by atoms with van der Waals surface area (Å²) in [6.07, 6.45) is 0. The quantitative estimate of drug-likeness (QED) is 0.583. The average Bonchev–Trinajstić information content (AvgIpc) is 3.04. The maximum atomic E-state index is 6.13. The van der Waals surface area contributed by atoms with Gasteiger partial charge < -0.3 is 9.30 Å². The number of aliphatic imine (C=N–C) groups is 1. The third kappa shape index (κ3) is 3.69. The van der Waals surface area contributed by atoms with Crippen LogP contribution in [0.15, 0.2) is 35.3 Å². The summed E-state index contributed by atoms with van der Waals surface area (Å²) in [5.74, 6) is 0.778. The predicted octanol–water partition coefficient (Wildman–Crippen LogP) is 6.28. The molecule has 0 bridgehead atoms. The number of ether oxygens (including phenoxy) is 1. The molecule has 27 heavy (non-hydrogen) atoms. The Kier molecular flexibility index (Phi) is 4.57. The van der Waals surface area contributed by atoms with Gasteiger partial charge in [0.15, 0.2) is 0 Å². The van der Waals surface area contributed by atoms with Gasteiger partial charge in [-0.05, 0) is 47.1 Å². The summed E-state index contributed by atoms with van der Waals surface area (Å²) >= 11 is 0. The van der Waals surface area contributed by atoms with Crippen molar-refractivity contribution >= 4 is 5.90 Å². The molecule has 0 amide bonds. The first-order valence-electron chi connectivity index (χ1n) is 9.88. The van der Waals surface area contributed by atoms with Gasteiger partial charge >= 0.3 is 0 Å². The molecule has 0 saturated carbocycles. The lowest BCUT2D eigenvalue weighted by Gasteiger charge is -2.33. The Bertz CT molecular complexity index is 866. The lowest BCUT2D eigenvalue weighted by Crippen LogP contribution is -2.32. The highest BCUT2D eigenvalue weighted by molar-refractivity contribution is 6.00. The smallest absolute Gasteiger partial charge is 0.234 e. The lowest BCUT2D eigenvalue weighted by molar-refractivity contribution is 0.302. The molecule has 0 unspecified atom stereocenters. The van der Waals surface area contributed by atoms with E-state index in [0.29, 0.717) is 6.61 Å². The van der Waals surface area contributed by atoms with Crippen LogP contribution in [0.1, 0.15) is 79.3 Å². The molecule has 3 nitrogen and oxygen atoms in total. The van der Waals surface area contributed by atoms with Gasteiger partial charge in [0.25, 0.3) is 0 Å². The number of hydrogen-bond acceptors (Lipinski definition) is 2. The van der Waals surface area contributed by atoms with E-state index >= 15 is 0 Å². The summed E-state index contributed by atoms with van der Waals surface area (Å²) in [6.45, 7) is 20.6. The summed E-state index contributed by atoms with van der Waals surface area (Å²) in [6, 6.07) is 10.7. The molecule has 1 aromatic heterocycles. The molecule has 0 spiro atoms. The number of benzene rings is 1. The number of aromatic nitrogens is 1. The Morgan fingerprint density at radius 2 is 1.48 bits per heavy atom. The van der Waals surface area contributed by atoms with Crippen LogP contribution < -0.4 is 0 Å². The van der Waals surface area contributed by atoms with Gasteiger partial charge in [-0.1, -0.05) is 51.1 Å². The van der Waals surface area contributed by atoms with Crippen LogP contribution in [0.2, 0.25) is 0 Å². The molecule has 0 aliphatic carbocycles. The number of hydrogen-bond donors (Lipinski definition) is 0. The minimum Gasteiger partial charge on any atom is -0.471 e. The van der Waals surface area contributed by atoms with Gasteiger partial charge in [-0.25, -0.2) is 4.99 Å². The predicted molar refractivity (Wildman–Crippen MR) is 115 cm³/mol. The molecular weight excluding hydrogens is 332 g/mol. The fourth-order valence-corrected chi connectivity index (χ4v) is 3.88. The Morgan fingerprint density at radius 3 is 1.96 bits per heavy atom. The largest absolute Gasteiger partial charge is 0.471 e. The zero-order valence-electron chi connectivity index (χ0n) is 18.4. The fraction of sp³-hybridized carbons (Fsp3) is 0.542. The van der Waals surface area contributed by atoms with Crippen LogP contribution >= 0.6 is 0 Å². The van der Waals surface area contributed by atoms with Crippen LogP contribution in [-0.2, 0) is 22.3 Å². The summed E-state index contributed by atoms with van der Waals surface area (Å²) < 4.78 is 8.61. The number of fused-ring (bicyclic) bond motifs is 1. The minimum atomic E-state index is -0.182. The second kappa shape index (κ2) is 6.25. The average molecular weight is 367 g/mol. The zero-order chi connectivity index (χ0) is 20.2. The van der Waals surface area contributed by atoms with Crippen molar-refractivity contribution in [1.29, 1.82) is 0 Å². The highest BCUT2D eigenvalue weighted by Crippen LogP contribution is 2.45. The zero-order valence-corrected chi connectivity index (χ0v) is 18.4. The van der Waals surface area contributed by atoms with Crippen molar-refractivity contribution in [2.75, 3.05) is 0 Å². The summed E-state index contributed by atoms with van der Waals surface area (Å²) in [5, 5.41) is 0. The van der Waals surface area contributed by atoms with E-state index in [9.17, 15) is 0 Å². The summed E-state index contributed by atoms with van der Waals surface area (Å²) in [7, 11) is 0. The third-order valence-electron chi connectivity index (χ3n) is 4.71. The number of nitrogens with zero attached hydrogens (tertiary/aromatic N) is 2. The molecule has 1 aliphatic heterocycles. The van der Waals surface area contributed by atoms with Crippen molar-refractivity contribution in [3.8, 4) is 11.1 Å². The third-order valence-corrected chi connectivity index (χ3v) is 4.71. The Hall–Kier alpha value is -2.03. The van der Waals surface area contributed by atoms with Crippen LogP contribution in [0.25, 0.3) is 11.1 Å². The first-order chi connectivity index (χ1) is 12.3. The molecule has 1 aromatic carbocycles. The molecule has 3 heteroatoms. The monoisotopic (exact) mass is 366 g/mol. The van der Waals surface area contributed by atoms with Crippen molar-refractivity contribution in [2.24, 2.45) is 4.99 Å². The molecule has 2 heterocycles. The van der Waals surface area contributed by atoms with Crippen molar-refractivity contribution in [1.82, 2.24) is 4.57 Å². The van der Waals surface area contributed by atoms with E-state index in [2.05, 4.69) is 97.2 Å². The molecule has 0 N–H and O–H groups in total. The highest BCUT2D eigenvalue weighted by atomic mass is 16.5. The molecule has 1 aliphatic rings. The Morgan fingerprint density at radius 1 is 0.889 bits per heavy atom. The first kappa shape index (κ1) is 19.7. The van der Waals surface area contributed by atoms with Gasteiger partial charge in [0.1, 0.15) is 12.3 Å².